The van der Waals surface area contributed by atoms with E-state index in [-0.39, 0.29) is 4.90 Å². The van der Waals surface area contributed by atoms with Crippen molar-refractivity contribution in [2.45, 2.75) is 32.6 Å². The van der Waals surface area contributed by atoms with Crippen molar-refractivity contribution in [2.24, 2.45) is 5.10 Å². The van der Waals surface area contributed by atoms with Crippen LogP contribution >= 0.6 is 23.2 Å². The Bertz CT molecular complexity index is 1660. The zero-order valence-electron chi connectivity index (χ0n) is 21.9. The number of aromatic nitrogens is 1. The first kappa shape index (κ1) is 28.4. The number of nitrogens with one attached hydrogen (secondary N) is 1. The van der Waals surface area contributed by atoms with Gasteiger partial charge >= 0.3 is 0 Å². The Labute approximate surface area is 238 Å². The van der Waals surface area contributed by atoms with E-state index in [0.29, 0.717) is 15.7 Å². The first-order chi connectivity index (χ1) is 18.5. The second kappa shape index (κ2) is 11.7. The molecule has 202 valence electrons. The van der Waals surface area contributed by atoms with Crippen LogP contribution in [0.25, 0.3) is 5.69 Å². The molecule has 0 saturated carbocycles. The average Bonchev–Trinajstić information content (AvgIpc) is 3.17. The summed E-state index contributed by atoms with van der Waals surface area (Å²) in [5, 5.41) is 5.03. The van der Waals surface area contributed by atoms with E-state index in [0.717, 1.165) is 38.1 Å². The van der Waals surface area contributed by atoms with Crippen LogP contribution in [0.15, 0.2) is 82.8 Å². The predicted molar refractivity (Wildman–Crippen MR) is 158 cm³/mol. The van der Waals surface area contributed by atoms with E-state index in [1.807, 2.05) is 43.5 Å². The molecule has 1 N–H and O–H groups in total. The Kier molecular flexibility index (Phi) is 8.49. The van der Waals surface area contributed by atoms with Gasteiger partial charge in [0.15, 0.2) is 0 Å². The van der Waals surface area contributed by atoms with Crippen LogP contribution in [0.5, 0.6) is 0 Å². The number of nitrogens with zero attached hydrogens (tertiary/aromatic N) is 3. The van der Waals surface area contributed by atoms with E-state index >= 15 is 0 Å². The molecule has 4 aromatic rings. The van der Waals surface area contributed by atoms with Crippen LogP contribution in [0.1, 0.15) is 28.1 Å². The van der Waals surface area contributed by atoms with E-state index in [1.165, 1.54) is 18.3 Å². The van der Waals surface area contributed by atoms with Crippen LogP contribution in [0, 0.1) is 27.7 Å². The Balaban J connectivity index is 1.56. The fraction of sp³-hybridized carbons (Fsp3) is 0.172. The number of halogens is 2. The molecule has 0 fully saturated rings. The first-order valence-corrected chi connectivity index (χ1v) is 14.3. The molecule has 39 heavy (non-hydrogen) atoms. The van der Waals surface area contributed by atoms with Gasteiger partial charge in [-0.25, -0.2) is 13.8 Å². The SMILES string of the molecule is Cc1ccc(S(=O)(=O)N(CC(=O)N/N=C\c2cc(C)n(-c3ccc(Cl)c(Cl)c3)c2C)c2ccccc2C)cc1. The summed E-state index contributed by atoms with van der Waals surface area (Å²) < 4.78 is 30.3. The molecule has 0 spiro atoms. The Morgan fingerprint density at radius 1 is 0.949 bits per heavy atom. The van der Waals surface area contributed by atoms with E-state index in [2.05, 4.69) is 10.5 Å². The van der Waals surface area contributed by atoms with Gasteiger partial charge < -0.3 is 4.57 Å². The second-order valence-corrected chi connectivity index (χ2v) is 11.8. The highest BCUT2D eigenvalue weighted by molar-refractivity contribution is 7.92. The predicted octanol–water partition coefficient (Wildman–Crippen LogP) is 6.36. The van der Waals surface area contributed by atoms with Crippen molar-refractivity contribution in [1.29, 1.82) is 0 Å². The molecule has 0 aliphatic carbocycles. The van der Waals surface area contributed by atoms with Crippen LogP contribution in [-0.2, 0) is 14.8 Å². The summed E-state index contributed by atoms with van der Waals surface area (Å²) in [6.07, 6.45) is 1.53. The molecular weight excluding hydrogens is 555 g/mol. The van der Waals surface area contributed by atoms with Gasteiger partial charge in [0.25, 0.3) is 15.9 Å². The van der Waals surface area contributed by atoms with Crippen molar-refractivity contribution in [3.63, 3.8) is 0 Å². The van der Waals surface area contributed by atoms with Gasteiger partial charge in [-0.05, 0) is 75.7 Å². The lowest BCUT2D eigenvalue weighted by Crippen LogP contribution is -2.40. The van der Waals surface area contributed by atoms with Crippen LogP contribution < -0.4 is 9.73 Å². The number of hydrogen-bond acceptors (Lipinski definition) is 4. The minimum Gasteiger partial charge on any atom is -0.318 e. The molecule has 0 atom stereocenters. The van der Waals surface area contributed by atoms with Crippen molar-refractivity contribution in [3.05, 3.63) is 111 Å². The molecular formula is C29H28Cl2N4O3S. The van der Waals surface area contributed by atoms with Crippen molar-refractivity contribution in [1.82, 2.24) is 9.99 Å². The molecule has 4 rings (SSSR count). The number of aryl methyl sites for hydroxylation is 3. The molecule has 1 amide bonds. The number of benzene rings is 3. The number of carbonyl (C=O) groups excluding carboxylic acids is 1. The van der Waals surface area contributed by atoms with E-state index in [9.17, 15) is 13.2 Å². The Morgan fingerprint density at radius 2 is 1.64 bits per heavy atom. The van der Waals surface area contributed by atoms with E-state index in [4.69, 9.17) is 23.2 Å². The average molecular weight is 584 g/mol. The number of para-hydroxylation sites is 1. The van der Waals surface area contributed by atoms with Gasteiger partial charge in [-0.15, -0.1) is 0 Å². The van der Waals surface area contributed by atoms with Gasteiger partial charge in [-0.2, -0.15) is 5.10 Å². The van der Waals surface area contributed by atoms with E-state index < -0.39 is 22.5 Å². The normalized spacial score (nSPS) is 11.6. The molecule has 7 nitrogen and oxygen atoms in total. The smallest absolute Gasteiger partial charge is 0.264 e. The summed E-state index contributed by atoms with van der Waals surface area (Å²) in [6, 6.07) is 20.9. The third-order valence-corrected chi connectivity index (χ3v) is 8.82. The highest BCUT2D eigenvalue weighted by Crippen LogP contribution is 2.28. The number of anilines is 1. The summed E-state index contributed by atoms with van der Waals surface area (Å²) in [6.45, 7) is 7.10. The van der Waals surface area contributed by atoms with Crippen molar-refractivity contribution in [3.8, 4) is 5.69 Å². The molecule has 0 radical (unpaired) electrons. The monoisotopic (exact) mass is 582 g/mol. The minimum absolute atomic E-state index is 0.0994. The third-order valence-electron chi connectivity index (χ3n) is 6.30. The number of hydrogen-bond donors (Lipinski definition) is 1. The third kappa shape index (κ3) is 6.19. The van der Waals surface area contributed by atoms with Crippen molar-refractivity contribution in [2.75, 3.05) is 10.8 Å². The number of carbonyl (C=O) groups is 1. The summed E-state index contributed by atoms with van der Waals surface area (Å²) in [7, 11) is -4.01. The zero-order chi connectivity index (χ0) is 28.3. The van der Waals surface area contributed by atoms with Crippen molar-refractivity contribution >= 4 is 51.0 Å². The topological polar surface area (TPSA) is 83.8 Å². The van der Waals surface area contributed by atoms with Gasteiger partial charge in [0.05, 0.1) is 26.8 Å². The van der Waals surface area contributed by atoms with Crippen LogP contribution in [0.2, 0.25) is 10.0 Å². The second-order valence-electron chi connectivity index (χ2n) is 9.16. The molecule has 1 heterocycles. The lowest BCUT2D eigenvalue weighted by Gasteiger charge is -2.25. The van der Waals surface area contributed by atoms with E-state index in [1.54, 1.807) is 49.4 Å². The highest BCUT2D eigenvalue weighted by Gasteiger charge is 2.28. The minimum atomic E-state index is -4.01. The Hall–Kier alpha value is -3.59. The molecule has 1 aromatic heterocycles. The molecule has 0 bridgehead atoms. The summed E-state index contributed by atoms with van der Waals surface area (Å²) in [5.41, 5.74) is 7.99. The lowest BCUT2D eigenvalue weighted by molar-refractivity contribution is -0.119. The van der Waals surface area contributed by atoms with Crippen LogP contribution in [0.4, 0.5) is 5.69 Å². The molecule has 0 aliphatic rings. The number of amides is 1. The molecule has 10 heteroatoms. The molecule has 0 aliphatic heterocycles. The molecule has 0 saturated heterocycles. The summed E-state index contributed by atoms with van der Waals surface area (Å²) in [4.78, 5) is 13.0. The van der Waals surface area contributed by atoms with Gasteiger partial charge in [0.2, 0.25) is 0 Å². The standard InChI is InChI=1S/C29H28Cl2N4O3S/c1-19-9-12-25(13-10-19)39(37,38)34(28-8-6-5-7-20(28)2)18-29(36)33-32-17-23-15-21(3)35(22(23)4)24-11-14-26(30)27(31)16-24/h5-17H,18H2,1-4H3,(H,33,36)/b32-17-. The lowest BCUT2D eigenvalue weighted by atomic mass is 10.2. The largest absolute Gasteiger partial charge is 0.318 e. The fourth-order valence-corrected chi connectivity index (χ4v) is 6.04. The van der Waals surface area contributed by atoms with Crippen LogP contribution in [-0.4, -0.2) is 31.7 Å². The van der Waals surface area contributed by atoms with Gasteiger partial charge in [0, 0.05) is 22.6 Å². The number of rotatable bonds is 8. The Morgan fingerprint density at radius 3 is 2.31 bits per heavy atom. The zero-order valence-corrected chi connectivity index (χ0v) is 24.3. The highest BCUT2D eigenvalue weighted by atomic mass is 35.5. The molecule has 0 unspecified atom stereocenters. The number of hydrazone groups is 1. The van der Waals surface area contributed by atoms with Gasteiger partial charge in [-0.1, -0.05) is 59.1 Å². The quantitative estimate of drug-likeness (QED) is 0.194. The first-order valence-electron chi connectivity index (χ1n) is 12.1. The maximum absolute atomic E-state index is 13.6. The van der Waals surface area contributed by atoms with Crippen LogP contribution in [0.3, 0.4) is 0 Å². The van der Waals surface area contributed by atoms with Crippen molar-refractivity contribution < 1.29 is 13.2 Å². The van der Waals surface area contributed by atoms with Gasteiger partial charge in [-0.3, -0.25) is 9.10 Å². The number of sulfonamides is 1. The summed E-state index contributed by atoms with van der Waals surface area (Å²) >= 11 is 12.3. The maximum Gasteiger partial charge on any atom is 0.264 e. The van der Waals surface area contributed by atoms with Gasteiger partial charge in [0.1, 0.15) is 6.54 Å². The maximum atomic E-state index is 13.6. The fourth-order valence-electron chi connectivity index (χ4n) is 4.26. The summed E-state index contributed by atoms with van der Waals surface area (Å²) in [5.74, 6) is -0.580. The molecule has 3 aromatic carbocycles.